The fourth-order valence-corrected chi connectivity index (χ4v) is 3.50. The van der Waals surface area contributed by atoms with Crippen molar-refractivity contribution in [2.24, 2.45) is 5.92 Å². The fraction of sp³-hybridized carbons (Fsp3) is 0.556. The predicted molar refractivity (Wildman–Crippen MR) is 86.8 cm³/mol. The number of aromatic nitrogens is 2. The largest absolute Gasteiger partial charge is 0.424 e. The summed E-state index contributed by atoms with van der Waals surface area (Å²) in [4.78, 5) is 2.25. The van der Waals surface area contributed by atoms with E-state index in [-0.39, 0.29) is 0 Å². The Morgan fingerprint density at radius 1 is 1.24 bits per heavy atom. The standard InChI is InChI=1S/C18H22F3N3O/c1-13-22-23-17(25-13)12-24-10-4-5-14(11-24)8-9-15-6-2-3-7-16(15)18(19,20)21/h2-3,6-7,14H,4-5,8-12H2,1H3/t14-/m0/s1. The first-order valence-corrected chi connectivity index (χ1v) is 8.58. The molecule has 1 saturated heterocycles. The Hall–Kier alpha value is -1.89. The topological polar surface area (TPSA) is 42.2 Å². The molecule has 1 aliphatic rings. The van der Waals surface area contributed by atoms with Crippen molar-refractivity contribution in [2.75, 3.05) is 13.1 Å². The third kappa shape index (κ3) is 4.81. The van der Waals surface area contributed by atoms with Crippen LogP contribution in [0.3, 0.4) is 0 Å². The smallest absolute Gasteiger partial charge is 0.416 e. The highest BCUT2D eigenvalue weighted by Gasteiger charge is 2.33. The van der Waals surface area contributed by atoms with E-state index in [4.69, 9.17) is 4.42 Å². The Morgan fingerprint density at radius 2 is 2.04 bits per heavy atom. The fourth-order valence-electron chi connectivity index (χ4n) is 3.50. The van der Waals surface area contributed by atoms with Crippen LogP contribution in [0.1, 0.15) is 42.2 Å². The van der Waals surface area contributed by atoms with Crippen molar-refractivity contribution in [1.29, 1.82) is 0 Å². The monoisotopic (exact) mass is 353 g/mol. The first kappa shape index (κ1) is 17.9. The lowest BCUT2D eigenvalue weighted by atomic mass is 9.90. The van der Waals surface area contributed by atoms with Crippen LogP contribution in [-0.4, -0.2) is 28.2 Å². The number of piperidine rings is 1. The Bertz CT molecular complexity index is 699. The van der Waals surface area contributed by atoms with E-state index in [2.05, 4.69) is 15.1 Å². The van der Waals surface area contributed by atoms with Gasteiger partial charge in [0.25, 0.3) is 0 Å². The number of likely N-dealkylation sites (tertiary alicyclic amines) is 1. The Balaban J connectivity index is 1.57. The summed E-state index contributed by atoms with van der Waals surface area (Å²) in [5.41, 5.74) is -0.122. The molecular weight excluding hydrogens is 331 g/mol. The third-order valence-electron chi connectivity index (χ3n) is 4.67. The number of hydrogen-bond acceptors (Lipinski definition) is 4. The van der Waals surface area contributed by atoms with Crippen molar-refractivity contribution < 1.29 is 17.6 Å². The molecule has 4 nitrogen and oxygen atoms in total. The second-order valence-electron chi connectivity index (χ2n) is 6.65. The molecule has 0 aliphatic carbocycles. The van der Waals surface area contributed by atoms with E-state index < -0.39 is 11.7 Å². The van der Waals surface area contributed by atoms with E-state index >= 15 is 0 Å². The Labute approximate surface area is 145 Å². The van der Waals surface area contributed by atoms with Gasteiger partial charge in [0, 0.05) is 13.5 Å². The maximum absolute atomic E-state index is 13.1. The van der Waals surface area contributed by atoms with Gasteiger partial charge >= 0.3 is 6.18 Å². The molecule has 25 heavy (non-hydrogen) atoms. The summed E-state index contributed by atoms with van der Waals surface area (Å²) in [6, 6.07) is 5.88. The van der Waals surface area contributed by atoms with Crippen molar-refractivity contribution in [3.8, 4) is 0 Å². The summed E-state index contributed by atoms with van der Waals surface area (Å²) in [6.07, 6.45) is -0.989. The summed E-state index contributed by atoms with van der Waals surface area (Å²) in [7, 11) is 0. The van der Waals surface area contributed by atoms with Crippen LogP contribution in [0.15, 0.2) is 28.7 Å². The molecule has 0 unspecified atom stereocenters. The molecule has 1 aromatic heterocycles. The van der Waals surface area contributed by atoms with Crippen LogP contribution < -0.4 is 0 Å². The third-order valence-corrected chi connectivity index (χ3v) is 4.67. The van der Waals surface area contributed by atoms with Crippen molar-refractivity contribution in [2.45, 2.75) is 45.3 Å². The molecule has 2 aromatic rings. The van der Waals surface area contributed by atoms with Gasteiger partial charge in [-0.2, -0.15) is 13.2 Å². The summed E-state index contributed by atoms with van der Waals surface area (Å²) in [5.74, 6) is 1.53. The Kier molecular flexibility index (Phi) is 5.42. The molecule has 0 bridgehead atoms. The molecule has 0 spiro atoms. The van der Waals surface area contributed by atoms with E-state index in [1.165, 1.54) is 12.1 Å². The average Bonchev–Trinajstić information content (AvgIpc) is 2.98. The Morgan fingerprint density at radius 3 is 2.76 bits per heavy atom. The lowest BCUT2D eigenvalue weighted by molar-refractivity contribution is -0.138. The molecule has 0 saturated carbocycles. The van der Waals surface area contributed by atoms with E-state index in [0.717, 1.165) is 32.4 Å². The summed E-state index contributed by atoms with van der Waals surface area (Å²) < 4.78 is 44.7. The number of rotatable bonds is 5. The number of benzene rings is 1. The second-order valence-corrected chi connectivity index (χ2v) is 6.65. The molecule has 7 heteroatoms. The van der Waals surface area contributed by atoms with Crippen molar-refractivity contribution in [3.05, 3.63) is 47.2 Å². The van der Waals surface area contributed by atoms with Crippen molar-refractivity contribution >= 4 is 0 Å². The van der Waals surface area contributed by atoms with Gasteiger partial charge < -0.3 is 4.42 Å². The van der Waals surface area contributed by atoms with Crippen LogP contribution in [0, 0.1) is 12.8 Å². The molecule has 0 N–H and O–H groups in total. The SMILES string of the molecule is Cc1nnc(CN2CCC[C@@H](CCc3ccccc3C(F)(F)F)C2)o1. The number of alkyl halides is 3. The number of aryl methyl sites for hydroxylation is 2. The molecule has 3 rings (SSSR count). The van der Waals surface area contributed by atoms with E-state index in [1.54, 1.807) is 19.1 Å². The normalized spacial score (nSPS) is 19.3. The number of hydrogen-bond donors (Lipinski definition) is 0. The van der Waals surface area contributed by atoms with Gasteiger partial charge in [-0.05, 0) is 49.8 Å². The van der Waals surface area contributed by atoms with Crippen LogP contribution in [0.5, 0.6) is 0 Å². The summed E-state index contributed by atoms with van der Waals surface area (Å²) in [5, 5.41) is 7.84. The first-order chi connectivity index (χ1) is 11.9. The average molecular weight is 353 g/mol. The van der Waals surface area contributed by atoms with Gasteiger partial charge in [-0.25, -0.2) is 0 Å². The summed E-state index contributed by atoms with van der Waals surface area (Å²) in [6.45, 7) is 4.18. The van der Waals surface area contributed by atoms with Crippen LogP contribution >= 0.6 is 0 Å². The number of halogens is 3. The van der Waals surface area contributed by atoms with Crippen molar-refractivity contribution in [3.63, 3.8) is 0 Å². The first-order valence-electron chi connectivity index (χ1n) is 8.58. The van der Waals surface area contributed by atoms with Gasteiger partial charge in [0.15, 0.2) is 0 Å². The van der Waals surface area contributed by atoms with E-state index in [0.29, 0.717) is 36.2 Å². The highest BCUT2D eigenvalue weighted by Crippen LogP contribution is 2.33. The maximum Gasteiger partial charge on any atom is 0.416 e. The summed E-state index contributed by atoms with van der Waals surface area (Å²) >= 11 is 0. The minimum atomic E-state index is -4.29. The molecule has 1 aliphatic heterocycles. The van der Waals surface area contributed by atoms with Crippen LogP contribution in [-0.2, 0) is 19.1 Å². The van der Waals surface area contributed by atoms with Gasteiger partial charge in [0.1, 0.15) is 0 Å². The van der Waals surface area contributed by atoms with E-state index in [9.17, 15) is 13.2 Å². The molecule has 0 amide bonds. The second kappa shape index (κ2) is 7.56. The minimum Gasteiger partial charge on any atom is -0.424 e. The van der Waals surface area contributed by atoms with Gasteiger partial charge in [0.2, 0.25) is 11.8 Å². The highest BCUT2D eigenvalue weighted by atomic mass is 19.4. The van der Waals surface area contributed by atoms with Crippen molar-refractivity contribution in [1.82, 2.24) is 15.1 Å². The lowest BCUT2D eigenvalue weighted by Gasteiger charge is -2.32. The van der Waals surface area contributed by atoms with Crippen LogP contribution in [0.4, 0.5) is 13.2 Å². The minimum absolute atomic E-state index is 0.388. The predicted octanol–water partition coefficient (Wildman–Crippen LogP) is 4.24. The highest BCUT2D eigenvalue weighted by molar-refractivity contribution is 5.29. The number of nitrogens with zero attached hydrogens (tertiary/aromatic N) is 3. The quantitative estimate of drug-likeness (QED) is 0.806. The van der Waals surface area contributed by atoms with Gasteiger partial charge in [-0.15, -0.1) is 10.2 Å². The maximum atomic E-state index is 13.1. The molecule has 1 aromatic carbocycles. The molecule has 136 valence electrons. The van der Waals surface area contributed by atoms with Crippen LogP contribution in [0.2, 0.25) is 0 Å². The van der Waals surface area contributed by atoms with Crippen LogP contribution in [0.25, 0.3) is 0 Å². The zero-order chi connectivity index (χ0) is 17.9. The zero-order valence-corrected chi connectivity index (χ0v) is 14.2. The molecule has 2 heterocycles. The lowest BCUT2D eigenvalue weighted by Crippen LogP contribution is -2.35. The molecule has 1 atom stereocenters. The molecule has 1 fully saturated rings. The van der Waals surface area contributed by atoms with Gasteiger partial charge in [-0.3, -0.25) is 4.90 Å². The molecular formula is C18H22F3N3O. The van der Waals surface area contributed by atoms with E-state index in [1.807, 2.05) is 0 Å². The van der Waals surface area contributed by atoms with Gasteiger partial charge in [0.05, 0.1) is 12.1 Å². The van der Waals surface area contributed by atoms with Gasteiger partial charge in [-0.1, -0.05) is 18.2 Å². The molecule has 0 radical (unpaired) electrons. The zero-order valence-electron chi connectivity index (χ0n) is 14.2.